The summed E-state index contributed by atoms with van der Waals surface area (Å²) >= 11 is 0. The highest BCUT2D eigenvalue weighted by atomic mass is 16.2. The summed E-state index contributed by atoms with van der Waals surface area (Å²) in [6.45, 7) is 5.08. The first-order valence-electron chi connectivity index (χ1n) is 4.80. The Balaban J connectivity index is 1.99. The van der Waals surface area contributed by atoms with Crippen molar-refractivity contribution >= 4 is 5.91 Å². The average molecular weight is 168 g/mol. The molecule has 68 valence electrons. The van der Waals surface area contributed by atoms with Crippen molar-refractivity contribution in [1.29, 1.82) is 0 Å². The van der Waals surface area contributed by atoms with E-state index < -0.39 is 0 Å². The quantitative estimate of drug-likeness (QED) is 0.607. The molecule has 0 aromatic heterocycles. The third kappa shape index (κ3) is 1.22. The van der Waals surface area contributed by atoms with Crippen LogP contribution in [0.25, 0.3) is 0 Å². The van der Waals surface area contributed by atoms with Gasteiger partial charge in [0.1, 0.15) is 0 Å². The van der Waals surface area contributed by atoms with Gasteiger partial charge < -0.3 is 10.2 Å². The molecule has 0 aromatic rings. The van der Waals surface area contributed by atoms with E-state index in [4.69, 9.17) is 0 Å². The van der Waals surface area contributed by atoms with Crippen LogP contribution in [0.2, 0.25) is 0 Å². The van der Waals surface area contributed by atoms with E-state index in [2.05, 4.69) is 10.2 Å². The molecule has 2 saturated heterocycles. The van der Waals surface area contributed by atoms with Crippen LogP contribution in [0, 0.1) is 5.92 Å². The van der Waals surface area contributed by atoms with Crippen LogP contribution in [0.1, 0.15) is 19.8 Å². The van der Waals surface area contributed by atoms with E-state index in [0.717, 1.165) is 32.5 Å². The minimum atomic E-state index is 0.269. The van der Waals surface area contributed by atoms with Crippen molar-refractivity contribution in [2.24, 2.45) is 5.92 Å². The second-order valence-electron chi connectivity index (χ2n) is 3.87. The Kier molecular flexibility index (Phi) is 2.05. The molecule has 2 aliphatic rings. The first-order valence-corrected chi connectivity index (χ1v) is 4.80. The van der Waals surface area contributed by atoms with Crippen molar-refractivity contribution in [3.8, 4) is 0 Å². The molecule has 3 heteroatoms. The Labute approximate surface area is 73.1 Å². The third-order valence-electron chi connectivity index (χ3n) is 2.98. The SMILES string of the molecule is CC1CCN(C2CCNC2)C1=O. The lowest BCUT2D eigenvalue weighted by atomic mass is 10.1. The highest BCUT2D eigenvalue weighted by Crippen LogP contribution is 2.21. The fraction of sp³-hybridized carbons (Fsp3) is 0.889. The number of hydrogen-bond donors (Lipinski definition) is 1. The van der Waals surface area contributed by atoms with Crippen LogP contribution in [0.5, 0.6) is 0 Å². The number of rotatable bonds is 1. The van der Waals surface area contributed by atoms with E-state index in [1.165, 1.54) is 0 Å². The van der Waals surface area contributed by atoms with Gasteiger partial charge >= 0.3 is 0 Å². The lowest BCUT2D eigenvalue weighted by Gasteiger charge is -2.22. The van der Waals surface area contributed by atoms with E-state index in [1.54, 1.807) is 0 Å². The van der Waals surface area contributed by atoms with Crippen LogP contribution in [0.15, 0.2) is 0 Å². The summed E-state index contributed by atoms with van der Waals surface area (Å²) in [6.07, 6.45) is 2.19. The Morgan fingerprint density at radius 2 is 2.33 bits per heavy atom. The van der Waals surface area contributed by atoms with Gasteiger partial charge in [0, 0.05) is 25.0 Å². The summed E-state index contributed by atoms with van der Waals surface area (Å²) in [7, 11) is 0. The van der Waals surface area contributed by atoms with Crippen molar-refractivity contribution in [2.75, 3.05) is 19.6 Å². The Morgan fingerprint density at radius 1 is 1.50 bits per heavy atom. The normalized spacial score (nSPS) is 36.4. The summed E-state index contributed by atoms with van der Waals surface area (Å²) in [6, 6.07) is 0.488. The van der Waals surface area contributed by atoms with Gasteiger partial charge in [-0.25, -0.2) is 0 Å². The fourth-order valence-electron chi connectivity index (χ4n) is 2.12. The first kappa shape index (κ1) is 8.05. The maximum absolute atomic E-state index is 11.6. The molecule has 0 spiro atoms. The minimum absolute atomic E-state index is 0.269. The summed E-state index contributed by atoms with van der Waals surface area (Å²) < 4.78 is 0. The molecule has 1 N–H and O–H groups in total. The maximum Gasteiger partial charge on any atom is 0.225 e. The molecule has 2 atom stereocenters. The Bertz CT molecular complexity index is 187. The number of likely N-dealkylation sites (tertiary alicyclic amines) is 1. The molecule has 3 nitrogen and oxygen atoms in total. The van der Waals surface area contributed by atoms with Gasteiger partial charge in [0.15, 0.2) is 0 Å². The second-order valence-corrected chi connectivity index (χ2v) is 3.87. The van der Waals surface area contributed by atoms with Gasteiger partial charge in [0.25, 0.3) is 0 Å². The van der Waals surface area contributed by atoms with Gasteiger partial charge in [0.05, 0.1) is 0 Å². The molecular formula is C9H16N2O. The lowest BCUT2D eigenvalue weighted by Crippen LogP contribution is -2.38. The monoisotopic (exact) mass is 168 g/mol. The number of carbonyl (C=O) groups is 1. The summed E-state index contributed by atoms with van der Waals surface area (Å²) in [5.74, 6) is 0.634. The predicted molar refractivity (Wildman–Crippen MR) is 46.8 cm³/mol. The van der Waals surface area contributed by atoms with Crippen LogP contribution >= 0.6 is 0 Å². The zero-order chi connectivity index (χ0) is 8.55. The highest BCUT2D eigenvalue weighted by molar-refractivity contribution is 5.80. The van der Waals surface area contributed by atoms with E-state index in [1.807, 2.05) is 6.92 Å². The van der Waals surface area contributed by atoms with E-state index in [0.29, 0.717) is 11.9 Å². The van der Waals surface area contributed by atoms with Gasteiger partial charge in [-0.05, 0) is 19.4 Å². The largest absolute Gasteiger partial charge is 0.338 e. The molecular weight excluding hydrogens is 152 g/mol. The molecule has 0 saturated carbocycles. The molecule has 1 amide bonds. The van der Waals surface area contributed by atoms with Crippen LogP contribution in [0.4, 0.5) is 0 Å². The van der Waals surface area contributed by atoms with Gasteiger partial charge in [-0.2, -0.15) is 0 Å². The maximum atomic E-state index is 11.6. The number of carbonyl (C=O) groups excluding carboxylic acids is 1. The molecule has 0 aliphatic carbocycles. The lowest BCUT2D eigenvalue weighted by molar-refractivity contribution is -0.132. The molecule has 2 fully saturated rings. The van der Waals surface area contributed by atoms with E-state index in [-0.39, 0.29) is 5.92 Å². The number of nitrogens with one attached hydrogen (secondary N) is 1. The van der Waals surface area contributed by atoms with Crippen molar-refractivity contribution in [3.05, 3.63) is 0 Å². The molecule has 2 heterocycles. The van der Waals surface area contributed by atoms with Crippen LogP contribution < -0.4 is 5.32 Å². The van der Waals surface area contributed by atoms with Gasteiger partial charge in [-0.1, -0.05) is 6.92 Å². The molecule has 12 heavy (non-hydrogen) atoms. The van der Waals surface area contributed by atoms with Crippen molar-refractivity contribution in [1.82, 2.24) is 10.2 Å². The summed E-state index contributed by atoms with van der Waals surface area (Å²) in [5, 5.41) is 3.29. The molecule has 2 rings (SSSR count). The topological polar surface area (TPSA) is 32.3 Å². The van der Waals surface area contributed by atoms with Crippen LogP contribution in [-0.4, -0.2) is 36.5 Å². The summed E-state index contributed by atoms with van der Waals surface area (Å²) in [5.41, 5.74) is 0. The van der Waals surface area contributed by atoms with Crippen LogP contribution in [-0.2, 0) is 4.79 Å². The van der Waals surface area contributed by atoms with Gasteiger partial charge in [-0.15, -0.1) is 0 Å². The third-order valence-corrected chi connectivity index (χ3v) is 2.98. The van der Waals surface area contributed by atoms with Gasteiger partial charge in [0.2, 0.25) is 5.91 Å². The average Bonchev–Trinajstić information content (AvgIpc) is 2.64. The Morgan fingerprint density at radius 3 is 2.83 bits per heavy atom. The van der Waals surface area contributed by atoms with E-state index in [9.17, 15) is 4.79 Å². The highest BCUT2D eigenvalue weighted by Gasteiger charge is 2.34. The van der Waals surface area contributed by atoms with Crippen molar-refractivity contribution < 1.29 is 4.79 Å². The van der Waals surface area contributed by atoms with E-state index >= 15 is 0 Å². The zero-order valence-corrected chi connectivity index (χ0v) is 7.55. The fourth-order valence-corrected chi connectivity index (χ4v) is 2.12. The first-order chi connectivity index (χ1) is 5.79. The second kappa shape index (κ2) is 3.05. The molecule has 0 bridgehead atoms. The van der Waals surface area contributed by atoms with Gasteiger partial charge in [-0.3, -0.25) is 4.79 Å². The predicted octanol–water partition coefficient (Wildman–Crippen LogP) is 0.217. The molecule has 0 radical (unpaired) electrons. The zero-order valence-electron chi connectivity index (χ0n) is 7.55. The van der Waals surface area contributed by atoms with Crippen LogP contribution in [0.3, 0.4) is 0 Å². The standard InChI is InChI=1S/C9H16N2O/c1-7-3-5-11(9(7)12)8-2-4-10-6-8/h7-8,10H,2-6H2,1H3. The minimum Gasteiger partial charge on any atom is -0.338 e. The van der Waals surface area contributed by atoms with Crippen molar-refractivity contribution in [3.63, 3.8) is 0 Å². The molecule has 2 unspecified atom stereocenters. The molecule has 2 aliphatic heterocycles. The van der Waals surface area contributed by atoms with Crippen molar-refractivity contribution in [2.45, 2.75) is 25.8 Å². The Hall–Kier alpha value is -0.570. The summed E-state index contributed by atoms with van der Waals surface area (Å²) in [4.78, 5) is 13.7. The number of amides is 1. The smallest absolute Gasteiger partial charge is 0.225 e. The number of hydrogen-bond acceptors (Lipinski definition) is 2. The molecule has 0 aromatic carbocycles. The number of nitrogens with zero attached hydrogens (tertiary/aromatic N) is 1.